The summed E-state index contributed by atoms with van der Waals surface area (Å²) in [5, 5.41) is 0. The number of nitrogens with zero attached hydrogens (tertiary/aromatic N) is 5. The number of rotatable bonds is 8. The van der Waals surface area contributed by atoms with E-state index < -0.39 is 0 Å². The van der Waals surface area contributed by atoms with Crippen LogP contribution in [0.4, 0.5) is 0 Å². The molecule has 3 rings (SSSR count). The van der Waals surface area contributed by atoms with Gasteiger partial charge in [0, 0.05) is 34.2 Å². The lowest BCUT2D eigenvalue weighted by Gasteiger charge is -2.13. The third-order valence-corrected chi connectivity index (χ3v) is 5.37. The molecule has 0 aliphatic heterocycles. The Kier molecular flexibility index (Phi) is 7.05. The Morgan fingerprint density at radius 1 is 1.09 bits per heavy atom. The number of fused-ring (bicyclic) bond motifs is 1. The minimum atomic E-state index is -0.362. The van der Waals surface area contributed by atoms with Gasteiger partial charge in [-0.2, -0.15) is 0 Å². The maximum absolute atomic E-state index is 12.8. The Hall–Kier alpha value is -3.82. The number of benzene rings is 1. The number of aromatic nitrogens is 4. The van der Waals surface area contributed by atoms with Crippen LogP contribution in [0.5, 0.6) is 11.5 Å². The highest BCUT2D eigenvalue weighted by molar-refractivity contribution is 5.78. The van der Waals surface area contributed by atoms with Gasteiger partial charge in [0.25, 0.3) is 11.5 Å². The van der Waals surface area contributed by atoms with E-state index in [1.54, 1.807) is 50.8 Å². The lowest BCUT2D eigenvalue weighted by molar-refractivity contribution is -0.130. The number of amides is 1. The van der Waals surface area contributed by atoms with Crippen LogP contribution < -0.4 is 20.7 Å². The number of ether oxygens (including phenoxy) is 2. The molecule has 0 fully saturated rings. The highest BCUT2D eigenvalue weighted by Gasteiger charge is 2.18. The maximum Gasteiger partial charge on any atom is 0.332 e. The maximum atomic E-state index is 12.8. The average molecular weight is 456 g/mol. The molecule has 2 aromatic heterocycles. The first-order valence-electron chi connectivity index (χ1n) is 10.6. The van der Waals surface area contributed by atoms with Crippen molar-refractivity contribution in [3.63, 3.8) is 0 Å². The first kappa shape index (κ1) is 23.8. The summed E-state index contributed by atoms with van der Waals surface area (Å²) in [6.45, 7) is 4.22. The van der Waals surface area contributed by atoms with Gasteiger partial charge in [0.1, 0.15) is 5.82 Å². The van der Waals surface area contributed by atoms with Gasteiger partial charge in [0.05, 0.1) is 7.11 Å². The van der Waals surface area contributed by atoms with Crippen molar-refractivity contribution in [1.29, 1.82) is 0 Å². The van der Waals surface area contributed by atoms with Crippen molar-refractivity contribution in [1.82, 2.24) is 23.6 Å². The van der Waals surface area contributed by atoms with E-state index in [-0.39, 0.29) is 30.3 Å². The van der Waals surface area contributed by atoms with Crippen LogP contribution in [0, 0.1) is 0 Å². The first-order chi connectivity index (χ1) is 15.7. The predicted molar refractivity (Wildman–Crippen MR) is 127 cm³/mol. The number of methoxy groups -OCH3 is 1. The summed E-state index contributed by atoms with van der Waals surface area (Å²) >= 11 is 0. The van der Waals surface area contributed by atoms with Crippen molar-refractivity contribution >= 4 is 29.2 Å². The number of carbonyl (C=O) groups is 1. The average Bonchev–Trinajstić information content (AvgIpc) is 3.12. The van der Waals surface area contributed by atoms with E-state index in [4.69, 9.17) is 9.47 Å². The lowest BCUT2D eigenvalue weighted by atomic mass is 10.2. The van der Waals surface area contributed by atoms with E-state index in [2.05, 4.69) is 4.98 Å². The predicted octanol–water partition coefficient (Wildman–Crippen LogP) is 1.58. The molecule has 0 N–H and O–H groups in total. The molecule has 1 amide bonds. The third kappa shape index (κ3) is 4.55. The van der Waals surface area contributed by atoms with Gasteiger partial charge in [-0.05, 0) is 37.6 Å². The molecule has 0 saturated heterocycles. The van der Waals surface area contributed by atoms with Crippen LogP contribution in [0.15, 0.2) is 27.8 Å². The fourth-order valence-electron chi connectivity index (χ4n) is 3.44. The van der Waals surface area contributed by atoms with Gasteiger partial charge < -0.3 is 18.9 Å². The lowest BCUT2D eigenvalue weighted by Crippen LogP contribution is -2.39. The number of carbonyl (C=O) groups excluding carboxylic acids is 1. The molecule has 3 aromatic rings. The molecule has 33 heavy (non-hydrogen) atoms. The summed E-state index contributed by atoms with van der Waals surface area (Å²) in [6.07, 6.45) is 3.59. The second kappa shape index (κ2) is 9.76. The van der Waals surface area contributed by atoms with Crippen molar-refractivity contribution in [2.24, 2.45) is 7.05 Å². The van der Waals surface area contributed by atoms with Gasteiger partial charge in [0.15, 0.2) is 29.3 Å². The van der Waals surface area contributed by atoms with E-state index in [1.165, 1.54) is 21.1 Å². The molecule has 0 atom stereocenters. The highest BCUT2D eigenvalue weighted by Crippen LogP contribution is 2.29. The number of likely N-dealkylation sites (N-methyl/N-ethyl adjacent to an activating group) is 1. The molecule has 10 nitrogen and oxygen atoms in total. The SMILES string of the molecule is CCn1c(=O)c2c(nc(/C=C/c3ccc(OCC(=O)N(C)C)c(OC)c3)n2C)n(CC)c1=O. The fourth-order valence-corrected chi connectivity index (χ4v) is 3.44. The summed E-state index contributed by atoms with van der Waals surface area (Å²) in [5.41, 5.74) is 0.839. The van der Waals surface area contributed by atoms with Crippen molar-refractivity contribution in [3.05, 3.63) is 50.4 Å². The number of aryl methyl sites for hydroxylation is 2. The molecule has 0 aliphatic rings. The Morgan fingerprint density at radius 2 is 1.79 bits per heavy atom. The molecule has 0 aliphatic carbocycles. The Morgan fingerprint density at radius 3 is 2.39 bits per heavy atom. The van der Waals surface area contributed by atoms with Crippen LogP contribution in [0.1, 0.15) is 25.2 Å². The number of hydrogen-bond donors (Lipinski definition) is 0. The second-order valence-electron chi connectivity index (χ2n) is 7.60. The van der Waals surface area contributed by atoms with Crippen molar-refractivity contribution in [2.75, 3.05) is 27.8 Å². The van der Waals surface area contributed by atoms with Crippen LogP contribution >= 0.6 is 0 Å². The van der Waals surface area contributed by atoms with Crippen LogP contribution in [-0.2, 0) is 24.9 Å². The summed E-state index contributed by atoms with van der Waals surface area (Å²) in [4.78, 5) is 43.2. The molecule has 0 saturated carbocycles. The van der Waals surface area contributed by atoms with Gasteiger partial charge in [-0.15, -0.1) is 0 Å². The van der Waals surface area contributed by atoms with Gasteiger partial charge in [0.2, 0.25) is 0 Å². The largest absolute Gasteiger partial charge is 0.493 e. The summed E-state index contributed by atoms with van der Waals surface area (Å²) in [5.74, 6) is 1.32. The van der Waals surface area contributed by atoms with E-state index >= 15 is 0 Å². The van der Waals surface area contributed by atoms with E-state index in [0.717, 1.165) is 5.56 Å². The Balaban J connectivity index is 1.97. The normalized spacial score (nSPS) is 11.3. The van der Waals surface area contributed by atoms with Crippen LogP contribution in [0.3, 0.4) is 0 Å². The quantitative estimate of drug-likeness (QED) is 0.511. The molecule has 0 unspecified atom stereocenters. The minimum absolute atomic E-state index is 0.0905. The minimum Gasteiger partial charge on any atom is -0.493 e. The Bertz CT molecular complexity index is 1330. The second-order valence-corrected chi connectivity index (χ2v) is 7.60. The van der Waals surface area contributed by atoms with Crippen molar-refractivity contribution in [3.8, 4) is 11.5 Å². The number of imidazole rings is 1. The summed E-state index contributed by atoms with van der Waals surface area (Å²) in [7, 11) is 6.60. The van der Waals surface area contributed by atoms with Gasteiger partial charge >= 0.3 is 5.69 Å². The van der Waals surface area contributed by atoms with Crippen molar-refractivity contribution in [2.45, 2.75) is 26.9 Å². The van der Waals surface area contributed by atoms with Crippen molar-refractivity contribution < 1.29 is 14.3 Å². The molecule has 176 valence electrons. The zero-order chi connectivity index (χ0) is 24.3. The van der Waals surface area contributed by atoms with E-state index in [0.29, 0.717) is 35.0 Å². The van der Waals surface area contributed by atoms with Gasteiger partial charge in [-0.3, -0.25) is 18.7 Å². The van der Waals surface area contributed by atoms with Gasteiger partial charge in [-0.25, -0.2) is 9.78 Å². The Labute approximate surface area is 191 Å². The van der Waals surface area contributed by atoms with Crippen LogP contribution in [0.25, 0.3) is 23.3 Å². The zero-order valence-electron chi connectivity index (χ0n) is 19.8. The van der Waals surface area contributed by atoms with E-state index in [1.807, 2.05) is 19.1 Å². The smallest absolute Gasteiger partial charge is 0.332 e. The molecule has 1 aromatic carbocycles. The molecular weight excluding hydrogens is 426 g/mol. The van der Waals surface area contributed by atoms with Crippen LogP contribution in [-0.4, -0.2) is 57.3 Å². The summed E-state index contributed by atoms with van der Waals surface area (Å²) in [6, 6.07) is 5.33. The monoisotopic (exact) mass is 455 g/mol. The highest BCUT2D eigenvalue weighted by atomic mass is 16.5. The molecule has 0 radical (unpaired) electrons. The van der Waals surface area contributed by atoms with Gasteiger partial charge in [-0.1, -0.05) is 12.1 Å². The molecular formula is C23H29N5O5. The van der Waals surface area contributed by atoms with Crippen LogP contribution in [0.2, 0.25) is 0 Å². The molecule has 0 bridgehead atoms. The third-order valence-electron chi connectivity index (χ3n) is 5.37. The first-order valence-corrected chi connectivity index (χ1v) is 10.6. The standard InChI is InChI=1S/C23H29N5O5/c1-7-27-21-20(22(30)28(8-2)23(27)31)26(5)18(24-21)12-10-15-9-11-16(17(13-15)32-6)33-14-19(29)25(3)4/h9-13H,7-8,14H2,1-6H3/b12-10+. The topological polar surface area (TPSA) is 101 Å². The van der Waals surface area contributed by atoms with E-state index in [9.17, 15) is 14.4 Å². The number of hydrogen-bond acceptors (Lipinski definition) is 6. The molecule has 2 heterocycles. The fraction of sp³-hybridized carbons (Fsp3) is 0.391. The molecule has 0 spiro atoms. The summed E-state index contributed by atoms with van der Waals surface area (Å²) < 4.78 is 15.4. The molecule has 10 heteroatoms. The zero-order valence-corrected chi connectivity index (χ0v) is 19.8.